The minimum absolute atomic E-state index is 0.105. The first-order valence-corrected chi connectivity index (χ1v) is 8.92. The first-order chi connectivity index (χ1) is 12.6. The van der Waals surface area contributed by atoms with Crippen LogP contribution in [0, 0.1) is 0 Å². The van der Waals surface area contributed by atoms with Crippen molar-refractivity contribution in [1.82, 2.24) is 15.2 Å². The fourth-order valence-corrected chi connectivity index (χ4v) is 4.00. The van der Waals surface area contributed by atoms with Gasteiger partial charge in [0.05, 0.1) is 12.2 Å². The summed E-state index contributed by atoms with van der Waals surface area (Å²) in [4.78, 5) is 19.6. The Hall–Kier alpha value is -2.38. The first kappa shape index (κ1) is 17.1. The van der Waals surface area contributed by atoms with E-state index in [1.807, 2.05) is 12.1 Å². The second-order valence-electron chi connectivity index (χ2n) is 7.00. The topological polar surface area (TPSA) is 79.6 Å². The standard InChI is InChI=1S/C19H24N4O3/c1-11-14-9-12(10-15(11)23(14)2)21-18(24)13-5-4-6-16-17(13)22-19(26-16)20-7-8-25-3/h4-6,12,14-15H,1,7-10H2,2-3H3,(H,20,22)(H,21,24). The Bertz CT molecular complexity index is 830. The summed E-state index contributed by atoms with van der Waals surface area (Å²) in [7, 11) is 3.76. The van der Waals surface area contributed by atoms with E-state index in [-0.39, 0.29) is 11.9 Å². The summed E-state index contributed by atoms with van der Waals surface area (Å²) in [5.74, 6) is -0.105. The van der Waals surface area contributed by atoms with Gasteiger partial charge in [0, 0.05) is 31.8 Å². The molecule has 2 N–H and O–H groups in total. The molecule has 138 valence electrons. The van der Waals surface area contributed by atoms with Gasteiger partial charge in [0.15, 0.2) is 5.58 Å². The van der Waals surface area contributed by atoms with Crippen molar-refractivity contribution in [2.45, 2.75) is 31.0 Å². The number of rotatable bonds is 6. The Kier molecular flexibility index (Phi) is 4.42. The Morgan fingerprint density at radius 1 is 1.42 bits per heavy atom. The average molecular weight is 356 g/mol. The first-order valence-electron chi connectivity index (χ1n) is 8.92. The summed E-state index contributed by atoms with van der Waals surface area (Å²) < 4.78 is 10.7. The molecule has 0 spiro atoms. The zero-order valence-electron chi connectivity index (χ0n) is 15.1. The van der Waals surface area contributed by atoms with Gasteiger partial charge in [-0.05, 0) is 37.6 Å². The van der Waals surface area contributed by atoms with Gasteiger partial charge in [0.25, 0.3) is 11.9 Å². The molecule has 3 heterocycles. The SMILES string of the molecule is C=C1C2CC(NC(=O)c3cccc4oc(NCCOC)nc34)CC1N2C. The number of para-hydroxylation sites is 1. The third-order valence-corrected chi connectivity index (χ3v) is 5.44. The number of carbonyl (C=O) groups excluding carboxylic acids is 1. The summed E-state index contributed by atoms with van der Waals surface area (Å²) in [6.07, 6.45) is 1.83. The minimum Gasteiger partial charge on any atom is -0.424 e. The number of hydrogen-bond donors (Lipinski definition) is 2. The highest BCUT2D eigenvalue weighted by Gasteiger charge is 2.46. The van der Waals surface area contributed by atoms with Crippen molar-refractivity contribution in [2.75, 3.05) is 32.6 Å². The molecule has 7 heteroatoms. The molecule has 2 unspecified atom stereocenters. The number of methoxy groups -OCH3 is 1. The van der Waals surface area contributed by atoms with Gasteiger partial charge in [-0.25, -0.2) is 0 Å². The van der Waals surface area contributed by atoms with Crippen molar-refractivity contribution in [3.8, 4) is 0 Å². The third kappa shape index (κ3) is 2.87. The molecule has 2 aromatic rings. The van der Waals surface area contributed by atoms with E-state index in [1.54, 1.807) is 13.2 Å². The molecular weight excluding hydrogens is 332 g/mol. The average Bonchev–Trinajstić information content (AvgIpc) is 3.06. The molecule has 2 bridgehead atoms. The number of fused-ring (bicyclic) bond motifs is 3. The van der Waals surface area contributed by atoms with E-state index in [4.69, 9.17) is 9.15 Å². The highest BCUT2D eigenvalue weighted by molar-refractivity contribution is 6.04. The third-order valence-electron chi connectivity index (χ3n) is 5.44. The van der Waals surface area contributed by atoms with Crippen LogP contribution < -0.4 is 10.6 Å². The van der Waals surface area contributed by atoms with E-state index in [1.165, 1.54) is 5.57 Å². The number of benzene rings is 1. The van der Waals surface area contributed by atoms with Crippen molar-refractivity contribution >= 4 is 23.0 Å². The number of oxazole rings is 1. The molecule has 2 aliphatic heterocycles. The molecular formula is C19H24N4O3. The summed E-state index contributed by atoms with van der Waals surface area (Å²) in [6.45, 7) is 5.29. The summed E-state index contributed by atoms with van der Waals surface area (Å²) in [6, 6.07) is 6.75. The van der Waals surface area contributed by atoms with Gasteiger partial charge in [-0.15, -0.1) is 0 Å². The molecule has 26 heavy (non-hydrogen) atoms. The van der Waals surface area contributed by atoms with Crippen molar-refractivity contribution in [2.24, 2.45) is 0 Å². The highest BCUT2D eigenvalue weighted by atomic mass is 16.5. The van der Waals surface area contributed by atoms with E-state index < -0.39 is 0 Å². The number of hydrogen-bond acceptors (Lipinski definition) is 6. The van der Waals surface area contributed by atoms with Crippen molar-refractivity contribution < 1.29 is 13.9 Å². The Morgan fingerprint density at radius 2 is 2.19 bits per heavy atom. The molecule has 3 aliphatic rings. The maximum atomic E-state index is 12.8. The Balaban J connectivity index is 1.47. The number of carbonyl (C=O) groups is 1. The smallest absolute Gasteiger partial charge is 0.295 e. The minimum atomic E-state index is -0.105. The fraction of sp³-hybridized carbons (Fsp3) is 0.474. The number of ether oxygens (including phenoxy) is 1. The lowest BCUT2D eigenvalue weighted by atomic mass is 9.74. The predicted octanol–water partition coefficient (Wildman–Crippen LogP) is 2.02. The number of aromatic nitrogens is 1. The lowest BCUT2D eigenvalue weighted by Crippen LogP contribution is -2.64. The fourth-order valence-electron chi connectivity index (χ4n) is 4.00. The zero-order valence-corrected chi connectivity index (χ0v) is 15.1. The number of anilines is 1. The van der Waals surface area contributed by atoms with Crippen LogP contribution in [0.2, 0.25) is 0 Å². The van der Waals surface area contributed by atoms with Gasteiger partial charge in [0.1, 0.15) is 5.52 Å². The van der Waals surface area contributed by atoms with Gasteiger partial charge in [-0.2, -0.15) is 4.98 Å². The molecule has 1 aromatic heterocycles. The van der Waals surface area contributed by atoms with Crippen molar-refractivity contribution in [1.29, 1.82) is 0 Å². The predicted molar refractivity (Wildman–Crippen MR) is 99.3 cm³/mol. The molecule has 2 atom stereocenters. The Labute approximate surface area is 152 Å². The number of amides is 1. The van der Waals surface area contributed by atoms with Crippen LogP contribution in [0.25, 0.3) is 11.1 Å². The summed E-state index contributed by atoms with van der Waals surface area (Å²) >= 11 is 0. The molecule has 3 fully saturated rings. The molecule has 1 aromatic carbocycles. The van der Waals surface area contributed by atoms with E-state index in [0.717, 1.165) is 12.8 Å². The van der Waals surface area contributed by atoms with Crippen LogP contribution in [0.3, 0.4) is 0 Å². The summed E-state index contributed by atoms with van der Waals surface area (Å²) in [5.41, 5.74) is 3.01. The number of nitrogens with zero attached hydrogens (tertiary/aromatic N) is 2. The van der Waals surface area contributed by atoms with Crippen LogP contribution in [0.15, 0.2) is 34.8 Å². The summed E-state index contributed by atoms with van der Waals surface area (Å²) in [5, 5.41) is 6.22. The molecule has 2 saturated heterocycles. The van der Waals surface area contributed by atoms with E-state index in [9.17, 15) is 4.79 Å². The zero-order chi connectivity index (χ0) is 18.3. The van der Waals surface area contributed by atoms with Crippen LogP contribution >= 0.6 is 0 Å². The number of nitrogens with one attached hydrogen (secondary N) is 2. The van der Waals surface area contributed by atoms with Crippen LogP contribution in [-0.2, 0) is 4.74 Å². The largest absolute Gasteiger partial charge is 0.424 e. The highest BCUT2D eigenvalue weighted by Crippen LogP contribution is 2.40. The molecule has 1 aliphatic carbocycles. The quantitative estimate of drug-likeness (QED) is 0.609. The van der Waals surface area contributed by atoms with E-state index in [0.29, 0.717) is 47.9 Å². The number of piperidine rings is 1. The molecule has 7 nitrogen and oxygen atoms in total. The van der Waals surface area contributed by atoms with Gasteiger partial charge in [-0.1, -0.05) is 12.6 Å². The lowest BCUT2D eigenvalue weighted by molar-refractivity contribution is 0.0481. The molecule has 1 amide bonds. The van der Waals surface area contributed by atoms with Gasteiger partial charge < -0.3 is 19.8 Å². The van der Waals surface area contributed by atoms with E-state index >= 15 is 0 Å². The normalized spacial score (nSPS) is 25.2. The van der Waals surface area contributed by atoms with Crippen LogP contribution in [0.1, 0.15) is 23.2 Å². The van der Waals surface area contributed by atoms with Gasteiger partial charge in [-0.3, -0.25) is 9.69 Å². The van der Waals surface area contributed by atoms with Gasteiger partial charge in [0.2, 0.25) is 0 Å². The molecule has 1 saturated carbocycles. The molecule has 0 radical (unpaired) electrons. The second-order valence-corrected chi connectivity index (χ2v) is 7.00. The maximum Gasteiger partial charge on any atom is 0.295 e. The van der Waals surface area contributed by atoms with Gasteiger partial charge >= 0.3 is 0 Å². The van der Waals surface area contributed by atoms with Crippen LogP contribution in [0.4, 0.5) is 6.01 Å². The van der Waals surface area contributed by atoms with E-state index in [2.05, 4.69) is 34.1 Å². The van der Waals surface area contributed by atoms with Crippen molar-refractivity contribution in [3.63, 3.8) is 0 Å². The molecule has 5 rings (SSSR count). The van der Waals surface area contributed by atoms with Crippen molar-refractivity contribution in [3.05, 3.63) is 35.9 Å². The number of likely N-dealkylation sites (N-methyl/N-ethyl adjacent to an activating group) is 1. The maximum absolute atomic E-state index is 12.8. The Morgan fingerprint density at radius 3 is 2.88 bits per heavy atom. The lowest BCUT2D eigenvalue weighted by Gasteiger charge is -2.55. The van der Waals surface area contributed by atoms with Crippen LogP contribution in [-0.4, -0.2) is 61.2 Å². The van der Waals surface area contributed by atoms with Crippen LogP contribution in [0.5, 0.6) is 0 Å². The monoisotopic (exact) mass is 356 g/mol. The second kappa shape index (κ2) is 6.74.